The van der Waals surface area contributed by atoms with Crippen LogP contribution >= 0.6 is 0 Å². The molecule has 5 heteroatoms. The van der Waals surface area contributed by atoms with Gasteiger partial charge in [-0.05, 0) is 44.5 Å². The number of carbonyl (C=O) groups is 2. The number of amides is 2. The largest absolute Gasteiger partial charge is 0.372 e. The van der Waals surface area contributed by atoms with E-state index in [4.69, 9.17) is 0 Å². The maximum atomic E-state index is 12.0. The molecule has 0 spiro atoms. The third-order valence-electron chi connectivity index (χ3n) is 3.86. The van der Waals surface area contributed by atoms with Crippen molar-refractivity contribution in [3.05, 3.63) is 24.3 Å². The molecule has 0 aliphatic carbocycles. The quantitative estimate of drug-likeness (QED) is 0.712. The molecule has 1 N–H and O–H groups in total. The van der Waals surface area contributed by atoms with E-state index in [1.807, 2.05) is 24.3 Å². The molecule has 0 aliphatic heterocycles. The van der Waals surface area contributed by atoms with Gasteiger partial charge in [0.25, 0.3) is 0 Å². The molecule has 1 aromatic carbocycles. The van der Waals surface area contributed by atoms with E-state index in [2.05, 4.69) is 31.0 Å². The van der Waals surface area contributed by atoms with Crippen molar-refractivity contribution in [2.75, 3.05) is 36.9 Å². The zero-order chi connectivity index (χ0) is 17.2. The van der Waals surface area contributed by atoms with Crippen molar-refractivity contribution in [2.24, 2.45) is 0 Å². The maximum Gasteiger partial charge on any atom is 0.233 e. The first kappa shape index (κ1) is 19.0. The predicted molar refractivity (Wildman–Crippen MR) is 95.8 cm³/mol. The van der Waals surface area contributed by atoms with E-state index in [-0.39, 0.29) is 18.2 Å². The molecule has 0 radical (unpaired) electrons. The molecule has 0 saturated carbocycles. The molecule has 1 rings (SSSR count). The van der Waals surface area contributed by atoms with Crippen LogP contribution in [0.3, 0.4) is 0 Å². The van der Waals surface area contributed by atoms with Crippen molar-refractivity contribution in [1.29, 1.82) is 0 Å². The molecule has 23 heavy (non-hydrogen) atoms. The molecule has 0 fully saturated rings. The summed E-state index contributed by atoms with van der Waals surface area (Å²) in [7, 11) is 1.74. The lowest BCUT2D eigenvalue weighted by Gasteiger charge is -2.21. The Bertz CT molecular complexity index is 495. The minimum absolute atomic E-state index is 0.113. The molecule has 0 unspecified atom stereocenters. The van der Waals surface area contributed by atoms with Crippen LogP contribution < -0.4 is 10.2 Å². The van der Waals surface area contributed by atoms with E-state index >= 15 is 0 Å². The van der Waals surface area contributed by atoms with Crippen LogP contribution in [0.2, 0.25) is 0 Å². The van der Waals surface area contributed by atoms with E-state index in [0.717, 1.165) is 37.3 Å². The van der Waals surface area contributed by atoms with Crippen molar-refractivity contribution >= 4 is 23.2 Å². The summed E-state index contributed by atoms with van der Waals surface area (Å²) in [6.07, 6.45) is 1.87. The fourth-order valence-corrected chi connectivity index (χ4v) is 2.34. The molecular weight excluding hydrogens is 290 g/mol. The number of nitrogens with one attached hydrogen (secondary N) is 1. The molecule has 128 valence electrons. The summed E-state index contributed by atoms with van der Waals surface area (Å²) in [6, 6.07) is 7.71. The number of rotatable bonds is 9. The van der Waals surface area contributed by atoms with Gasteiger partial charge in [0.1, 0.15) is 6.42 Å². The Labute approximate surface area is 139 Å². The molecule has 0 saturated heterocycles. The highest BCUT2D eigenvalue weighted by Gasteiger charge is 2.13. The lowest BCUT2D eigenvalue weighted by atomic mass is 10.2. The van der Waals surface area contributed by atoms with Crippen molar-refractivity contribution in [2.45, 2.75) is 40.0 Å². The summed E-state index contributed by atoms with van der Waals surface area (Å²) in [5.41, 5.74) is 1.85. The average Bonchev–Trinajstić information content (AvgIpc) is 2.55. The van der Waals surface area contributed by atoms with E-state index in [1.54, 1.807) is 11.9 Å². The molecular formula is C18H29N3O2. The van der Waals surface area contributed by atoms with E-state index in [0.29, 0.717) is 6.54 Å². The highest BCUT2D eigenvalue weighted by Crippen LogP contribution is 2.17. The maximum absolute atomic E-state index is 12.0. The van der Waals surface area contributed by atoms with Gasteiger partial charge in [-0.2, -0.15) is 0 Å². The second kappa shape index (κ2) is 9.87. The molecule has 1 aromatic rings. The lowest BCUT2D eigenvalue weighted by Crippen LogP contribution is -2.31. The van der Waals surface area contributed by atoms with Crippen molar-refractivity contribution in [3.8, 4) is 0 Å². The third-order valence-corrected chi connectivity index (χ3v) is 3.86. The fraction of sp³-hybridized carbons (Fsp3) is 0.556. The van der Waals surface area contributed by atoms with Crippen LogP contribution in [0.4, 0.5) is 11.4 Å². The standard InChI is InChI=1S/C18H29N3O2/c1-5-8-13-20(4)18(23)14-17(22)19-15-9-11-16(12-10-15)21(6-2)7-3/h9-12H,5-8,13-14H2,1-4H3,(H,19,22). The summed E-state index contributed by atoms with van der Waals surface area (Å²) in [4.78, 5) is 27.7. The van der Waals surface area contributed by atoms with Crippen molar-refractivity contribution in [3.63, 3.8) is 0 Å². The summed E-state index contributed by atoms with van der Waals surface area (Å²) in [5.74, 6) is -0.412. The van der Waals surface area contributed by atoms with Crippen LogP contribution in [-0.2, 0) is 9.59 Å². The number of hydrogen-bond donors (Lipinski definition) is 1. The van der Waals surface area contributed by atoms with Crippen LogP contribution in [0.25, 0.3) is 0 Å². The number of nitrogens with zero attached hydrogens (tertiary/aromatic N) is 2. The Kier molecular flexibility index (Phi) is 8.16. The topological polar surface area (TPSA) is 52.7 Å². The van der Waals surface area contributed by atoms with E-state index in [1.165, 1.54) is 0 Å². The first-order valence-corrected chi connectivity index (χ1v) is 8.40. The molecule has 0 bridgehead atoms. The van der Waals surface area contributed by atoms with Gasteiger partial charge in [0.05, 0.1) is 0 Å². The Hall–Kier alpha value is -2.04. The predicted octanol–water partition coefficient (Wildman–Crippen LogP) is 3.12. The molecule has 0 aliphatic rings. The van der Waals surface area contributed by atoms with Gasteiger partial charge in [0, 0.05) is 38.1 Å². The molecule has 0 heterocycles. The second-order valence-corrected chi connectivity index (χ2v) is 5.61. The number of benzene rings is 1. The summed E-state index contributed by atoms with van der Waals surface area (Å²) in [6.45, 7) is 8.88. The second-order valence-electron chi connectivity index (χ2n) is 5.61. The first-order valence-electron chi connectivity index (χ1n) is 8.40. The highest BCUT2D eigenvalue weighted by atomic mass is 16.2. The van der Waals surface area contributed by atoms with Crippen molar-refractivity contribution in [1.82, 2.24) is 4.90 Å². The molecule has 2 amide bonds. The van der Waals surface area contributed by atoms with Gasteiger partial charge in [-0.3, -0.25) is 9.59 Å². The zero-order valence-corrected chi connectivity index (χ0v) is 14.8. The minimum Gasteiger partial charge on any atom is -0.372 e. The van der Waals surface area contributed by atoms with Crippen LogP contribution in [0.15, 0.2) is 24.3 Å². The monoisotopic (exact) mass is 319 g/mol. The molecule has 5 nitrogen and oxygen atoms in total. The number of carbonyl (C=O) groups excluding carboxylic acids is 2. The van der Waals surface area contributed by atoms with Gasteiger partial charge in [-0.25, -0.2) is 0 Å². The number of unbranched alkanes of at least 4 members (excludes halogenated alkanes) is 1. The lowest BCUT2D eigenvalue weighted by molar-refractivity contribution is -0.133. The summed E-state index contributed by atoms with van der Waals surface area (Å²) < 4.78 is 0. The number of anilines is 2. The third kappa shape index (κ3) is 6.30. The molecule has 0 aromatic heterocycles. The van der Waals surface area contributed by atoms with E-state index < -0.39 is 0 Å². The van der Waals surface area contributed by atoms with Crippen LogP contribution in [0.1, 0.15) is 40.0 Å². The summed E-state index contributed by atoms with van der Waals surface area (Å²) in [5, 5.41) is 2.78. The Morgan fingerprint density at radius 2 is 1.65 bits per heavy atom. The van der Waals surface area contributed by atoms with Gasteiger partial charge in [0.2, 0.25) is 11.8 Å². The zero-order valence-electron chi connectivity index (χ0n) is 14.8. The smallest absolute Gasteiger partial charge is 0.233 e. The number of hydrogen-bond acceptors (Lipinski definition) is 3. The normalized spacial score (nSPS) is 10.3. The minimum atomic E-state index is -0.270. The van der Waals surface area contributed by atoms with Gasteiger partial charge < -0.3 is 15.1 Å². The highest BCUT2D eigenvalue weighted by molar-refractivity contribution is 6.03. The van der Waals surface area contributed by atoms with Crippen LogP contribution in [0, 0.1) is 0 Å². The van der Waals surface area contributed by atoms with Gasteiger partial charge in [0.15, 0.2) is 0 Å². The van der Waals surface area contributed by atoms with Crippen LogP contribution in [0.5, 0.6) is 0 Å². The van der Waals surface area contributed by atoms with Gasteiger partial charge >= 0.3 is 0 Å². The Balaban J connectivity index is 2.52. The van der Waals surface area contributed by atoms with Gasteiger partial charge in [-0.1, -0.05) is 13.3 Å². The van der Waals surface area contributed by atoms with Crippen molar-refractivity contribution < 1.29 is 9.59 Å². The first-order chi connectivity index (χ1) is 11.0. The van der Waals surface area contributed by atoms with Crippen LogP contribution in [-0.4, -0.2) is 43.4 Å². The fourth-order valence-electron chi connectivity index (χ4n) is 2.34. The SMILES string of the molecule is CCCCN(C)C(=O)CC(=O)Nc1ccc(N(CC)CC)cc1. The van der Waals surface area contributed by atoms with E-state index in [9.17, 15) is 9.59 Å². The Morgan fingerprint density at radius 3 is 2.17 bits per heavy atom. The summed E-state index contributed by atoms with van der Waals surface area (Å²) >= 11 is 0. The van der Waals surface area contributed by atoms with Gasteiger partial charge in [-0.15, -0.1) is 0 Å². The molecule has 0 atom stereocenters. The average molecular weight is 319 g/mol. The Morgan fingerprint density at radius 1 is 1.04 bits per heavy atom.